The highest BCUT2D eigenvalue weighted by molar-refractivity contribution is 7.92. The Balaban J connectivity index is 0.649. The Bertz CT molecular complexity index is 4350. The van der Waals surface area contributed by atoms with E-state index in [0.29, 0.717) is 68.9 Å². The molecule has 20 heteroatoms. The van der Waals surface area contributed by atoms with E-state index < -0.39 is 53.1 Å². The van der Waals surface area contributed by atoms with Crippen LogP contribution in [-0.2, 0) is 48.7 Å². The van der Waals surface area contributed by atoms with Gasteiger partial charge in [-0.15, -0.1) is 0 Å². The number of carbonyl (C=O) groups is 4. The van der Waals surface area contributed by atoms with E-state index in [-0.39, 0.29) is 29.4 Å². The van der Waals surface area contributed by atoms with E-state index in [1.165, 1.54) is 182 Å². The Kier molecular flexibility index (Phi) is 14.4. The van der Waals surface area contributed by atoms with Crippen LogP contribution in [0.5, 0.6) is 57.5 Å². The number of sulfone groups is 3. The van der Waals surface area contributed by atoms with Gasteiger partial charge in [0.15, 0.2) is 0 Å². The highest BCUT2D eigenvalue weighted by atomic mass is 32.2. The minimum Gasteiger partial charge on any atom is -0.457 e. The molecule has 0 fully saturated rings. The van der Waals surface area contributed by atoms with E-state index in [1.807, 2.05) is 0 Å². The molecule has 0 radical (unpaired) electrons. The van der Waals surface area contributed by atoms with E-state index in [4.69, 9.17) is 23.7 Å². The molecule has 0 unspecified atom stereocenters. The topological polar surface area (TPSA) is 223 Å². The minimum atomic E-state index is -3.96. The van der Waals surface area contributed by atoms with E-state index in [9.17, 15) is 44.4 Å². The van der Waals surface area contributed by atoms with Crippen molar-refractivity contribution in [1.29, 1.82) is 0 Å². The number of ether oxygens (including phenoxy) is 5. The summed E-state index contributed by atoms with van der Waals surface area (Å²) >= 11 is 0. The second-order valence-electron chi connectivity index (χ2n) is 18.0. The summed E-state index contributed by atoms with van der Waals surface area (Å²) in [6.45, 7) is 0. The lowest BCUT2D eigenvalue weighted by molar-refractivity contribution is -0.121. The van der Waals surface area contributed by atoms with Crippen LogP contribution in [0, 0.1) is 0 Å². The van der Waals surface area contributed by atoms with Crippen LogP contribution in [0.3, 0.4) is 0 Å². The zero-order chi connectivity index (χ0) is 57.2. The predicted octanol–water partition coefficient (Wildman–Crippen LogP) is 12.0. The SMILES string of the molecule is O=C1C=CC(=O)N1c1cccc(Oc2ccc(S(=O)(=O)c3ccc(Oc4ccc(Oc5ccc(S(=O)(=O)c6ccc(Oc7ccc(S(=O)(=O)c8ccc(Oc9cccc(N%10C(=O)C=CC%10=O)c9)cc8)cc7)cc6)cc5)cc4)cc3)cc2)c1. The third-order valence-corrected chi connectivity index (χ3v) is 17.9. The fourth-order valence-corrected chi connectivity index (χ4v) is 12.2. The van der Waals surface area contributed by atoms with Gasteiger partial charge in [-0.05, 0) is 194 Å². The molecule has 82 heavy (non-hydrogen) atoms. The molecule has 17 nitrogen and oxygen atoms in total. The molecule has 2 heterocycles. The monoisotopic (exact) mass is 1150 g/mol. The second-order valence-corrected chi connectivity index (χ2v) is 23.9. The van der Waals surface area contributed by atoms with Gasteiger partial charge in [0.05, 0.1) is 40.7 Å². The van der Waals surface area contributed by atoms with Crippen LogP contribution < -0.4 is 33.5 Å². The van der Waals surface area contributed by atoms with Crippen LogP contribution in [0.4, 0.5) is 11.4 Å². The van der Waals surface area contributed by atoms with Gasteiger partial charge in [-0.2, -0.15) is 0 Å². The van der Waals surface area contributed by atoms with Gasteiger partial charge in [0.25, 0.3) is 23.6 Å². The van der Waals surface area contributed by atoms with Crippen LogP contribution >= 0.6 is 0 Å². The lowest BCUT2D eigenvalue weighted by Gasteiger charge is -2.15. The Morgan fingerprint density at radius 3 is 0.622 bits per heavy atom. The summed E-state index contributed by atoms with van der Waals surface area (Å²) in [5.74, 6) is 1.69. The Labute approximate surface area is 469 Å². The average Bonchev–Trinajstić information content (AvgIpc) is 4.17. The first-order valence-corrected chi connectivity index (χ1v) is 29.1. The third-order valence-electron chi connectivity index (χ3n) is 12.6. The molecule has 0 aromatic heterocycles. The maximum Gasteiger partial charge on any atom is 0.258 e. The van der Waals surface area contributed by atoms with Crippen molar-refractivity contribution in [2.45, 2.75) is 29.4 Å². The molecule has 0 atom stereocenters. The predicted molar refractivity (Wildman–Crippen MR) is 298 cm³/mol. The second kappa shape index (κ2) is 22.0. The Hall–Kier alpha value is -10.4. The zero-order valence-electron chi connectivity index (χ0n) is 42.3. The average molecular weight is 1150 g/mol. The number of rotatable bonds is 18. The zero-order valence-corrected chi connectivity index (χ0v) is 44.8. The quantitative estimate of drug-likeness (QED) is 0.0729. The van der Waals surface area contributed by atoms with Crippen LogP contribution in [0.1, 0.15) is 0 Å². The number of anilines is 2. The van der Waals surface area contributed by atoms with Crippen LogP contribution in [0.25, 0.3) is 0 Å². The van der Waals surface area contributed by atoms with Crippen LogP contribution in [0.15, 0.2) is 272 Å². The molecule has 4 amide bonds. The number of nitrogens with zero attached hydrogens (tertiary/aromatic N) is 2. The number of hydrogen-bond acceptors (Lipinski definition) is 15. The first-order chi connectivity index (χ1) is 39.5. The molecule has 0 aliphatic carbocycles. The van der Waals surface area contributed by atoms with Crippen molar-refractivity contribution in [3.63, 3.8) is 0 Å². The van der Waals surface area contributed by atoms with Crippen LogP contribution in [0.2, 0.25) is 0 Å². The summed E-state index contributed by atoms with van der Waals surface area (Å²) in [4.78, 5) is 50.5. The van der Waals surface area contributed by atoms with Crippen molar-refractivity contribution in [2.24, 2.45) is 0 Å². The van der Waals surface area contributed by atoms with E-state index in [0.717, 1.165) is 9.80 Å². The normalized spacial score (nSPS) is 13.4. The summed E-state index contributed by atoms with van der Waals surface area (Å²) in [5, 5.41) is 0. The molecule has 9 aromatic rings. The molecular weight excluding hydrogens is 1110 g/mol. The lowest BCUT2D eigenvalue weighted by atomic mass is 10.2. The van der Waals surface area contributed by atoms with Gasteiger partial charge in [0.2, 0.25) is 29.5 Å². The lowest BCUT2D eigenvalue weighted by Crippen LogP contribution is -2.29. The maximum atomic E-state index is 13.6. The van der Waals surface area contributed by atoms with Crippen molar-refractivity contribution in [1.82, 2.24) is 0 Å². The minimum absolute atomic E-state index is 0.00338. The molecule has 406 valence electrons. The van der Waals surface area contributed by atoms with E-state index in [2.05, 4.69) is 0 Å². The Morgan fingerprint density at radius 1 is 0.232 bits per heavy atom. The van der Waals surface area contributed by atoms with Gasteiger partial charge in [0, 0.05) is 36.4 Å². The fraction of sp³-hybridized carbons (Fsp3) is 0. The molecule has 2 aliphatic rings. The number of amides is 4. The fourth-order valence-electron chi connectivity index (χ4n) is 8.47. The van der Waals surface area contributed by atoms with Gasteiger partial charge < -0.3 is 23.7 Å². The summed E-state index contributed by atoms with van der Waals surface area (Å²) in [7, 11) is -11.8. The van der Waals surface area contributed by atoms with Gasteiger partial charge >= 0.3 is 0 Å². The van der Waals surface area contributed by atoms with Gasteiger partial charge in [-0.3, -0.25) is 19.2 Å². The third kappa shape index (κ3) is 11.4. The number of hydrogen-bond donors (Lipinski definition) is 0. The summed E-state index contributed by atoms with van der Waals surface area (Å²) in [6.07, 6.45) is 4.73. The Morgan fingerprint density at radius 2 is 0.415 bits per heavy atom. The molecule has 2 aliphatic heterocycles. The van der Waals surface area contributed by atoms with Gasteiger partial charge in [0.1, 0.15) is 57.5 Å². The van der Waals surface area contributed by atoms with Gasteiger partial charge in [-0.1, -0.05) is 12.1 Å². The van der Waals surface area contributed by atoms with Crippen molar-refractivity contribution in [3.8, 4) is 57.5 Å². The van der Waals surface area contributed by atoms with Crippen molar-refractivity contribution < 1.29 is 68.1 Å². The highest BCUT2D eigenvalue weighted by Gasteiger charge is 2.27. The molecule has 0 bridgehead atoms. The molecule has 0 saturated carbocycles. The van der Waals surface area contributed by atoms with Crippen LogP contribution in [-0.4, -0.2) is 48.9 Å². The molecule has 0 saturated heterocycles. The molecule has 0 spiro atoms. The molecule has 11 rings (SSSR count). The molecule has 0 N–H and O–H groups in total. The molecule has 9 aromatic carbocycles. The first-order valence-electron chi connectivity index (χ1n) is 24.6. The largest absolute Gasteiger partial charge is 0.457 e. The maximum absolute atomic E-state index is 13.6. The number of benzene rings is 9. The van der Waals surface area contributed by atoms with Crippen molar-refractivity contribution in [2.75, 3.05) is 9.80 Å². The first kappa shape index (κ1) is 53.6. The summed E-state index contributed by atoms with van der Waals surface area (Å²) in [6, 6.07) is 54.3. The number of imide groups is 2. The van der Waals surface area contributed by atoms with E-state index >= 15 is 0 Å². The van der Waals surface area contributed by atoms with Crippen molar-refractivity contribution >= 4 is 64.5 Å². The standard InChI is InChI=1S/C62H40N2O15S3/c65-59-35-36-60(66)63(59)41-3-1-5-51(39-41)78-49-19-31-57(32-20-49)81(71,72)54-25-13-46(14-26-54)76-44-9-7-43(8-10-44)75-45-11-23-53(24-12-45)80(69,70)55-27-15-47(16-28-55)77-48-17-29-56(30-18-48)82(73,74)58-33-21-50(22-34-58)79-52-6-2-4-42(40-52)64-61(67)37-38-62(64)68/h1-40H. The smallest absolute Gasteiger partial charge is 0.258 e. The summed E-state index contributed by atoms with van der Waals surface area (Å²) < 4.78 is 111. The van der Waals surface area contributed by atoms with Crippen molar-refractivity contribution in [3.05, 3.63) is 243 Å². The number of carbonyl (C=O) groups excluding carboxylic acids is 4. The van der Waals surface area contributed by atoms with E-state index in [1.54, 1.807) is 60.7 Å². The molecular formula is C62H40N2O15S3. The summed E-state index contributed by atoms with van der Waals surface area (Å²) in [5.41, 5.74) is 0.665. The van der Waals surface area contributed by atoms with Gasteiger partial charge in [-0.25, -0.2) is 35.1 Å². The highest BCUT2D eigenvalue weighted by Crippen LogP contribution is 2.35.